The number of carboxylic acids is 2. The number of nitrogens with zero attached hydrogens (tertiary/aromatic N) is 1. The maximum atomic E-state index is 13.1. The van der Waals surface area contributed by atoms with Crippen molar-refractivity contribution >= 4 is 29.8 Å². The van der Waals surface area contributed by atoms with Gasteiger partial charge in [-0.15, -0.1) is 0 Å². The molecular weight excluding hydrogens is 506 g/mol. The molecule has 2 aromatic carbocycles. The zero-order valence-corrected chi connectivity index (χ0v) is 21.9. The average molecular weight is 540 g/mol. The van der Waals surface area contributed by atoms with Gasteiger partial charge in [-0.05, 0) is 36.1 Å². The van der Waals surface area contributed by atoms with E-state index in [0.29, 0.717) is 24.2 Å². The van der Waals surface area contributed by atoms with E-state index in [1.807, 2.05) is 44.2 Å². The van der Waals surface area contributed by atoms with E-state index in [1.54, 1.807) is 24.3 Å². The SMILES string of the molecule is CCC1(CC)C(=O)N(C(=O)NCc2ccccc2)C1Oc1ccc(CC(NC(=O)CCC(=O)O)C(=O)O)cc1. The zero-order chi connectivity index (χ0) is 28.6. The van der Waals surface area contributed by atoms with Gasteiger partial charge in [-0.2, -0.15) is 0 Å². The van der Waals surface area contributed by atoms with Crippen LogP contribution in [-0.2, 0) is 32.1 Å². The van der Waals surface area contributed by atoms with E-state index >= 15 is 0 Å². The third kappa shape index (κ3) is 6.92. The van der Waals surface area contributed by atoms with E-state index in [0.717, 1.165) is 10.5 Å². The lowest BCUT2D eigenvalue weighted by molar-refractivity contribution is -0.190. The summed E-state index contributed by atoms with van der Waals surface area (Å²) in [6.45, 7) is 4.00. The number of hydrogen-bond acceptors (Lipinski definition) is 6. The molecule has 2 aromatic rings. The van der Waals surface area contributed by atoms with E-state index < -0.39 is 48.0 Å². The van der Waals surface area contributed by atoms with Gasteiger partial charge in [0.25, 0.3) is 0 Å². The number of ether oxygens (including phenoxy) is 1. The second-order valence-corrected chi connectivity index (χ2v) is 9.35. The van der Waals surface area contributed by atoms with Gasteiger partial charge in [0.1, 0.15) is 17.2 Å². The van der Waals surface area contributed by atoms with Crippen LogP contribution in [0.4, 0.5) is 4.79 Å². The Morgan fingerprint density at radius 1 is 0.949 bits per heavy atom. The number of β-lactam (4-membered cyclic amide) rings is 1. The summed E-state index contributed by atoms with van der Waals surface area (Å²) in [5.74, 6) is -2.98. The molecule has 1 saturated heterocycles. The van der Waals surface area contributed by atoms with Gasteiger partial charge in [-0.1, -0.05) is 56.3 Å². The van der Waals surface area contributed by atoms with Crippen LogP contribution in [0, 0.1) is 5.41 Å². The van der Waals surface area contributed by atoms with E-state index in [1.165, 1.54) is 0 Å². The van der Waals surface area contributed by atoms with Crippen molar-refractivity contribution in [2.75, 3.05) is 0 Å². The van der Waals surface area contributed by atoms with Gasteiger partial charge in [0, 0.05) is 19.4 Å². The minimum absolute atomic E-state index is 0.0295. The summed E-state index contributed by atoms with van der Waals surface area (Å²) < 4.78 is 6.13. The largest absolute Gasteiger partial charge is 0.481 e. The number of urea groups is 1. The predicted octanol–water partition coefficient (Wildman–Crippen LogP) is 2.93. The summed E-state index contributed by atoms with van der Waals surface area (Å²) in [6.07, 6.45) is -0.602. The summed E-state index contributed by atoms with van der Waals surface area (Å²) in [6, 6.07) is 14.0. The Morgan fingerprint density at radius 3 is 2.15 bits per heavy atom. The Labute approximate surface area is 226 Å². The Bertz CT molecular complexity index is 1200. The molecule has 0 radical (unpaired) electrons. The molecule has 2 atom stereocenters. The van der Waals surface area contributed by atoms with Crippen molar-refractivity contribution in [1.82, 2.24) is 15.5 Å². The molecule has 0 aliphatic carbocycles. The van der Waals surface area contributed by atoms with Gasteiger partial charge in [0.15, 0.2) is 6.23 Å². The number of nitrogens with one attached hydrogen (secondary N) is 2. The van der Waals surface area contributed by atoms with E-state index in [-0.39, 0.29) is 25.3 Å². The summed E-state index contributed by atoms with van der Waals surface area (Å²) in [4.78, 5) is 61.3. The minimum Gasteiger partial charge on any atom is -0.481 e. The van der Waals surface area contributed by atoms with Crippen molar-refractivity contribution < 1.29 is 38.9 Å². The van der Waals surface area contributed by atoms with Crippen molar-refractivity contribution in [3.8, 4) is 5.75 Å². The molecule has 11 heteroatoms. The number of carboxylic acid groups (broad SMARTS) is 2. The molecule has 2 unspecified atom stereocenters. The maximum Gasteiger partial charge on any atom is 0.327 e. The van der Waals surface area contributed by atoms with Crippen LogP contribution in [-0.4, -0.2) is 57.2 Å². The highest BCUT2D eigenvalue weighted by Gasteiger charge is 2.62. The number of benzene rings is 2. The van der Waals surface area contributed by atoms with Crippen LogP contribution >= 0.6 is 0 Å². The fourth-order valence-corrected chi connectivity index (χ4v) is 4.51. The second kappa shape index (κ2) is 12.9. The highest BCUT2D eigenvalue weighted by Crippen LogP contribution is 2.46. The Kier molecular flexibility index (Phi) is 9.64. The molecule has 39 heavy (non-hydrogen) atoms. The van der Waals surface area contributed by atoms with E-state index in [4.69, 9.17) is 9.84 Å². The first kappa shape index (κ1) is 29.2. The zero-order valence-electron chi connectivity index (χ0n) is 21.9. The number of aliphatic carboxylic acids is 2. The molecule has 0 bridgehead atoms. The van der Waals surface area contributed by atoms with Crippen LogP contribution in [0.1, 0.15) is 50.7 Å². The number of likely N-dealkylation sites (tertiary alicyclic amines) is 1. The molecule has 208 valence electrons. The fourth-order valence-electron chi connectivity index (χ4n) is 4.51. The van der Waals surface area contributed by atoms with Crippen LogP contribution in [0.15, 0.2) is 54.6 Å². The molecule has 4 N–H and O–H groups in total. The van der Waals surface area contributed by atoms with Crippen LogP contribution in [0.5, 0.6) is 5.75 Å². The molecule has 0 saturated carbocycles. The third-order valence-corrected chi connectivity index (χ3v) is 6.93. The van der Waals surface area contributed by atoms with Crippen molar-refractivity contribution in [2.45, 2.75) is 64.8 Å². The normalized spacial score (nSPS) is 16.5. The van der Waals surface area contributed by atoms with Crippen LogP contribution in [0.3, 0.4) is 0 Å². The maximum absolute atomic E-state index is 13.1. The van der Waals surface area contributed by atoms with Gasteiger partial charge in [0.2, 0.25) is 11.8 Å². The Hall–Kier alpha value is -4.41. The van der Waals surface area contributed by atoms with Crippen molar-refractivity contribution in [3.63, 3.8) is 0 Å². The molecule has 1 heterocycles. The van der Waals surface area contributed by atoms with Gasteiger partial charge in [-0.3, -0.25) is 14.4 Å². The highest BCUT2D eigenvalue weighted by molar-refractivity contribution is 6.03. The number of carbonyl (C=O) groups excluding carboxylic acids is 3. The number of amides is 4. The number of imide groups is 1. The van der Waals surface area contributed by atoms with Gasteiger partial charge in [0.05, 0.1) is 6.42 Å². The molecule has 3 rings (SSSR count). The number of carbonyl (C=O) groups is 5. The first-order valence-electron chi connectivity index (χ1n) is 12.8. The molecule has 11 nitrogen and oxygen atoms in total. The molecule has 4 amide bonds. The van der Waals surface area contributed by atoms with Gasteiger partial charge in [-0.25, -0.2) is 14.5 Å². The molecule has 1 fully saturated rings. The molecule has 1 aliphatic heterocycles. The van der Waals surface area contributed by atoms with Gasteiger partial charge < -0.3 is 25.6 Å². The standard InChI is InChI=1S/C28H33N3O8/c1-3-28(4-2)25(37)31(27(38)29-17-19-8-6-5-7-9-19)26(28)39-20-12-10-18(11-13-20)16-21(24(35)36)30-22(32)14-15-23(33)34/h5-13,21,26H,3-4,14-17H2,1-2H3,(H,29,38)(H,30,32)(H,33,34)(H,35,36). The van der Waals surface area contributed by atoms with Crippen LogP contribution < -0.4 is 15.4 Å². The lowest BCUT2D eigenvalue weighted by atomic mass is 9.72. The van der Waals surface area contributed by atoms with Crippen LogP contribution in [0.2, 0.25) is 0 Å². The lowest BCUT2D eigenvalue weighted by Crippen LogP contribution is -2.73. The molecular formula is C28H33N3O8. The summed E-state index contributed by atoms with van der Waals surface area (Å²) in [5, 5.41) is 23.3. The predicted molar refractivity (Wildman–Crippen MR) is 140 cm³/mol. The minimum atomic E-state index is -1.25. The summed E-state index contributed by atoms with van der Waals surface area (Å²) >= 11 is 0. The van der Waals surface area contributed by atoms with Crippen molar-refractivity contribution in [3.05, 3.63) is 65.7 Å². The fraction of sp³-hybridized carbons (Fsp3) is 0.393. The highest BCUT2D eigenvalue weighted by atomic mass is 16.5. The smallest absolute Gasteiger partial charge is 0.327 e. The Balaban J connectivity index is 1.67. The number of hydrogen-bond donors (Lipinski definition) is 4. The third-order valence-electron chi connectivity index (χ3n) is 6.93. The monoisotopic (exact) mass is 539 g/mol. The van der Waals surface area contributed by atoms with E-state index in [2.05, 4.69) is 10.6 Å². The first-order valence-corrected chi connectivity index (χ1v) is 12.8. The Morgan fingerprint density at radius 2 is 1.59 bits per heavy atom. The summed E-state index contributed by atoms with van der Waals surface area (Å²) in [5.41, 5.74) is 0.631. The number of rotatable bonds is 13. The van der Waals surface area contributed by atoms with Gasteiger partial charge >= 0.3 is 18.0 Å². The lowest BCUT2D eigenvalue weighted by Gasteiger charge is -2.53. The molecule has 0 aromatic heterocycles. The quantitative estimate of drug-likeness (QED) is 0.282. The topological polar surface area (TPSA) is 162 Å². The first-order chi connectivity index (χ1) is 18.6. The van der Waals surface area contributed by atoms with E-state index in [9.17, 15) is 29.1 Å². The molecule has 0 spiro atoms. The average Bonchev–Trinajstić information content (AvgIpc) is 2.92. The van der Waals surface area contributed by atoms with Crippen LogP contribution in [0.25, 0.3) is 0 Å². The second-order valence-electron chi connectivity index (χ2n) is 9.35. The summed E-state index contributed by atoms with van der Waals surface area (Å²) in [7, 11) is 0. The molecule has 1 aliphatic rings. The van der Waals surface area contributed by atoms with Crippen molar-refractivity contribution in [2.24, 2.45) is 5.41 Å². The van der Waals surface area contributed by atoms with Crippen molar-refractivity contribution in [1.29, 1.82) is 0 Å².